The molecule has 13 heavy (non-hydrogen) atoms. The second-order valence-electron chi connectivity index (χ2n) is 2.95. The Bertz CT molecular complexity index is 426. The minimum Gasteiger partial charge on any atom is -0.317 e. The zero-order valence-electron chi connectivity index (χ0n) is 6.85. The third-order valence-electron chi connectivity index (χ3n) is 1.92. The maximum absolute atomic E-state index is 11.3. The van der Waals surface area contributed by atoms with Crippen LogP contribution in [0.5, 0.6) is 0 Å². The number of benzene rings is 1. The zero-order chi connectivity index (χ0) is 9.59. The van der Waals surface area contributed by atoms with Crippen molar-refractivity contribution in [2.75, 3.05) is 5.32 Å². The van der Waals surface area contributed by atoms with E-state index in [4.69, 9.17) is 0 Å². The quantitative estimate of drug-likeness (QED) is 0.583. The van der Waals surface area contributed by atoms with E-state index in [0.717, 1.165) is 9.13 Å². The molecule has 0 saturated carbocycles. The van der Waals surface area contributed by atoms with Gasteiger partial charge in [0.15, 0.2) is 0 Å². The summed E-state index contributed by atoms with van der Waals surface area (Å²) < 4.78 is 0.909. The van der Waals surface area contributed by atoms with Gasteiger partial charge in [0, 0.05) is 3.57 Å². The van der Waals surface area contributed by atoms with E-state index in [-0.39, 0.29) is 0 Å². The van der Waals surface area contributed by atoms with Crippen LogP contribution in [0.25, 0.3) is 0 Å². The normalized spacial score (nSPS) is 14.3. The first kappa shape index (κ1) is 8.68. The highest BCUT2D eigenvalue weighted by Gasteiger charge is 2.29. The molecule has 0 aromatic heterocycles. The molecular weight excluding hydrogens is 281 g/mol. The summed E-state index contributed by atoms with van der Waals surface area (Å²) in [7, 11) is 0. The lowest BCUT2D eigenvalue weighted by Crippen LogP contribution is -2.12. The average Bonchev–Trinajstić information content (AvgIpc) is 2.32. The molecule has 0 unspecified atom stereocenters. The second kappa shape index (κ2) is 2.80. The first-order valence-electron chi connectivity index (χ1n) is 3.75. The fourth-order valence-corrected chi connectivity index (χ4v) is 2.26. The fourth-order valence-electron chi connectivity index (χ4n) is 1.34. The van der Waals surface area contributed by atoms with Crippen molar-refractivity contribution in [1.29, 1.82) is 0 Å². The van der Waals surface area contributed by atoms with Gasteiger partial charge in [-0.2, -0.15) is 0 Å². The third-order valence-corrected chi connectivity index (χ3v) is 2.77. The van der Waals surface area contributed by atoms with Gasteiger partial charge in [0.2, 0.25) is 0 Å². The Hall–Kier alpha value is -0.910. The summed E-state index contributed by atoms with van der Waals surface area (Å²) in [5.41, 5.74) is 2.14. The molecular formula is C9H6INO2. The van der Waals surface area contributed by atoms with Gasteiger partial charge in [0.25, 0.3) is 11.7 Å². The Morgan fingerprint density at radius 3 is 2.69 bits per heavy atom. The van der Waals surface area contributed by atoms with E-state index >= 15 is 0 Å². The predicted molar refractivity (Wildman–Crippen MR) is 56.9 cm³/mol. The van der Waals surface area contributed by atoms with E-state index in [0.29, 0.717) is 11.3 Å². The van der Waals surface area contributed by atoms with Crippen LogP contribution >= 0.6 is 22.6 Å². The molecule has 3 nitrogen and oxygen atoms in total. The summed E-state index contributed by atoms with van der Waals surface area (Å²) >= 11 is 2.10. The molecule has 1 aromatic carbocycles. The number of rotatable bonds is 0. The van der Waals surface area contributed by atoms with Crippen molar-refractivity contribution in [2.45, 2.75) is 6.92 Å². The number of amides is 1. The highest BCUT2D eigenvalue weighted by atomic mass is 127. The summed E-state index contributed by atoms with van der Waals surface area (Å²) in [5.74, 6) is -0.963. The summed E-state index contributed by atoms with van der Waals surface area (Å²) in [5, 5.41) is 2.55. The molecule has 1 aromatic rings. The molecule has 1 aliphatic heterocycles. The van der Waals surface area contributed by atoms with Gasteiger partial charge in [-0.15, -0.1) is 0 Å². The van der Waals surface area contributed by atoms with Crippen molar-refractivity contribution >= 4 is 40.0 Å². The van der Waals surface area contributed by atoms with Crippen LogP contribution in [-0.4, -0.2) is 11.7 Å². The Labute approximate surface area is 88.7 Å². The smallest absolute Gasteiger partial charge is 0.296 e. The number of Topliss-reactive ketones (excluding diaryl/α,β-unsaturated/α-hetero) is 1. The highest BCUT2D eigenvalue weighted by Crippen LogP contribution is 2.29. The molecule has 0 radical (unpaired) electrons. The van der Waals surface area contributed by atoms with Crippen molar-refractivity contribution in [3.05, 3.63) is 26.8 Å². The number of carbonyl (C=O) groups is 2. The Balaban J connectivity index is 2.70. The van der Waals surface area contributed by atoms with E-state index in [1.165, 1.54) is 0 Å². The van der Waals surface area contributed by atoms with Crippen LogP contribution in [0.15, 0.2) is 12.1 Å². The second-order valence-corrected chi connectivity index (χ2v) is 4.11. The number of carbonyl (C=O) groups excluding carboxylic acids is 2. The summed E-state index contributed by atoms with van der Waals surface area (Å²) in [6.07, 6.45) is 0. The molecule has 0 fully saturated rings. The molecule has 1 amide bonds. The van der Waals surface area contributed by atoms with Crippen LogP contribution in [-0.2, 0) is 4.79 Å². The SMILES string of the molecule is Cc1cc(I)c2c(c1)C(=O)C(=O)N2. The van der Waals surface area contributed by atoms with Crippen LogP contribution in [0.2, 0.25) is 0 Å². The third kappa shape index (κ3) is 1.25. The van der Waals surface area contributed by atoms with Crippen molar-refractivity contribution < 1.29 is 9.59 Å². The van der Waals surface area contributed by atoms with Gasteiger partial charge in [0.05, 0.1) is 11.3 Å². The van der Waals surface area contributed by atoms with Crippen LogP contribution < -0.4 is 5.32 Å². The zero-order valence-corrected chi connectivity index (χ0v) is 9.01. The van der Waals surface area contributed by atoms with Crippen molar-refractivity contribution in [1.82, 2.24) is 0 Å². The van der Waals surface area contributed by atoms with Crippen molar-refractivity contribution in [3.8, 4) is 0 Å². The number of hydrogen-bond acceptors (Lipinski definition) is 2. The molecule has 0 bridgehead atoms. The van der Waals surface area contributed by atoms with Gasteiger partial charge in [-0.05, 0) is 47.2 Å². The largest absolute Gasteiger partial charge is 0.317 e. The maximum atomic E-state index is 11.3. The molecule has 0 spiro atoms. The van der Waals surface area contributed by atoms with Crippen molar-refractivity contribution in [2.24, 2.45) is 0 Å². The Kier molecular flexibility index (Phi) is 1.87. The van der Waals surface area contributed by atoms with Crippen LogP contribution in [0.3, 0.4) is 0 Å². The average molecular weight is 287 g/mol. The first-order valence-corrected chi connectivity index (χ1v) is 4.83. The Morgan fingerprint density at radius 2 is 2.00 bits per heavy atom. The molecule has 0 aliphatic carbocycles. The molecule has 4 heteroatoms. The van der Waals surface area contributed by atoms with E-state index in [1.807, 2.05) is 13.0 Å². The van der Waals surface area contributed by atoms with Gasteiger partial charge < -0.3 is 5.32 Å². The number of anilines is 1. The maximum Gasteiger partial charge on any atom is 0.296 e. The molecule has 1 aliphatic rings. The lowest BCUT2D eigenvalue weighted by molar-refractivity contribution is -0.112. The number of hydrogen-bond donors (Lipinski definition) is 1. The molecule has 0 atom stereocenters. The van der Waals surface area contributed by atoms with E-state index in [9.17, 15) is 9.59 Å². The summed E-state index contributed by atoms with van der Waals surface area (Å²) in [6, 6.07) is 3.66. The molecule has 0 saturated heterocycles. The molecule has 1 heterocycles. The van der Waals surface area contributed by atoms with E-state index in [1.54, 1.807) is 6.07 Å². The van der Waals surface area contributed by atoms with Crippen LogP contribution in [0.4, 0.5) is 5.69 Å². The topological polar surface area (TPSA) is 46.2 Å². The monoisotopic (exact) mass is 287 g/mol. The summed E-state index contributed by atoms with van der Waals surface area (Å²) in [4.78, 5) is 22.3. The van der Waals surface area contributed by atoms with Gasteiger partial charge in [0.1, 0.15) is 0 Å². The first-order chi connectivity index (χ1) is 6.09. The van der Waals surface area contributed by atoms with Gasteiger partial charge in [-0.3, -0.25) is 9.59 Å². The lowest BCUT2D eigenvalue weighted by atomic mass is 10.1. The van der Waals surface area contributed by atoms with Gasteiger partial charge in [-0.1, -0.05) is 0 Å². The summed E-state index contributed by atoms with van der Waals surface area (Å²) in [6.45, 7) is 1.90. The molecule has 66 valence electrons. The highest BCUT2D eigenvalue weighted by molar-refractivity contribution is 14.1. The number of aryl methyl sites for hydroxylation is 1. The lowest BCUT2D eigenvalue weighted by Gasteiger charge is -2.01. The fraction of sp³-hybridized carbons (Fsp3) is 0.111. The van der Waals surface area contributed by atoms with Gasteiger partial charge >= 0.3 is 0 Å². The van der Waals surface area contributed by atoms with Crippen LogP contribution in [0, 0.1) is 10.5 Å². The van der Waals surface area contributed by atoms with Gasteiger partial charge in [-0.25, -0.2) is 0 Å². The number of nitrogens with one attached hydrogen (secondary N) is 1. The predicted octanol–water partition coefficient (Wildman–Crippen LogP) is 1.73. The number of ketones is 1. The van der Waals surface area contributed by atoms with Crippen molar-refractivity contribution in [3.63, 3.8) is 0 Å². The minimum absolute atomic E-state index is 0.434. The van der Waals surface area contributed by atoms with E-state index < -0.39 is 11.7 Å². The van der Waals surface area contributed by atoms with Crippen LogP contribution in [0.1, 0.15) is 15.9 Å². The number of halogens is 1. The van der Waals surface area contributed by atoms with E-state index in [2.05, 4.69) is 27.9 Å². The number of fused-ring (bicyclic) bond motifs is 1. The molecule has 1 N–H and O–H groups in total. The molecule has 2 rings (SSSR count). The Morgan fingerprint density at radius 1 is 1.31 bits per heavy atom. The minimum atomic E-state index is -0.529. The standard InChI is InChI=1S/C9H6INO2/c1-4-2-5-7(6(10)3-4)11-9(13)8(5)12/h2-3H,1H3,(H,11,12,13).